The van der Waals surface area contributed by atoms with Crippen LogP contribution in [0.3, 0.4) is 0 Å². The summed E-state index contributed by atoms with van der Waals surface area (Å²) in [5, 5.41) is 0.677. The minimum Gasteiger partial charge on any atom is -0.465 e. The summed E-state index contributed by atoms with van der Waals surface area (Å²) in [5.41, 5.74) is -0.544. The van der Waals surface area contributed by atoms with Gasteiger partial charge in [-0.05, 0) is 20.8 Å². The number of alkyl halides is 1. The lowest BCUT2D eigenvalue weighted by molar-refractivity contribution is 0.0602. The maximum absolute atomic E-state index is 12.7. The van der Waals surface area contributed by atoms with E-state index in [1.807, 2.05) is 13.8 Å². The summed E-state index contributed by atoms with van der Waals surface area (Å²) >= 11 is 4.60. The van der Waals surface area contributed by atoms with E-state index in [4.69, 9.17) is 4.74 Å². The number of aromatic nitrogens is 2. The molecule has 8 heteroatoms. The predicted octanol–water partition coefficient (Wildman–Crippen LogP) is 2.51. The number of carbonyl (C=O) groups excluding carboxylic acids is 1. The van der Waals surface area contributed by atoms with Crippen molar-refractivity contribution in [2.45, 2.75) is 38.7 Å². The molecular formula is C14H17BrN2O4S. The van der Waals surface area contributed by atoms with E-state index in [0.717, 1.165) is 4.57 Å². The third-order valence-electron chi connectivity index (χ3n) is 3.42. The first-order valence-corrected chi connectivity index (χ1v) is 8.77. The Balaban J connectivity index is 3.12. The molecule has 0 fully saturated rings. The molecule has 120 valence electrons. The molecule has 0 unspecified atom stereocenters. The number of esters is 1. The number of rotatable bonds is 4. The fourth-order valence-electron chi connectivity index (χ4n) is 2.42. The molecular weight excluding hydrogens is 372 g/mol. The lowest BCUT2D eigenvalue weighted by atomic mass is 10.2. The van der Waals surface area contributed by atoms with Crippen LogP contribution >= 0.6 is 27.3 Å². The number of ether oxygens (including phenoxy) is 1. The highest BCUT2D eigenvalue weighted by Gasteiger charge is 2.26. The number of nitrogens with zero attached hydrogens (tertiary/aromatic N) is 2. The smallest absolute Gasteiger partial charge is 0.339 e. The monoisotopic (exact) mass is 388 g/mol. The molecule has 0 aliphatic rings. The molecule has 0 N–H and O–H groups in total. The molecule has 2 aromatic rings. The van der Waals surface area contributed by atoms with Gasteiger partial charge in [0.2, 0.25) is 0 Å². The second kappa shape index (κ2) is 6.37. The lowest BCUT2D eigenvalue weighted by Crippen LogP contribution is -2.40. The summed E-state index contributed by atoms with van der Waals surface area (Å²) in [4.78, 5) is 38.5. The second-order valence-electron chi connectivity index (χ2n) is 5.00. The number of thiophene rings is 1. The van der Waals surface area contributed by atoms with Crippen molar-refractivity contribution >= 4 is 43.5 Å². The molecule has 2 rings (SSSR count). The Morgan fingerprint density at radius 3 is 2.45 bits per heavy atom. The molecule has 0 aliphatic heterocycles. The molecule has 0 saturated heterocycles. The van der Waals surface area contributed by atoms with E-state index in [1.54, 1.807) is 11.5 Å². The molecule has 2 heterocycles. The molecule has 0 amide bonds. The zero-order valence-corrected chi connectivity index (χ0v) is 15.2. The Kier molecular flexibility index (Phi) is 4.91. The summed E-state index contributed by atoms with van der Waals surface area (Å²) in [6.07, 6.45) is 0. The van der Waals surface area contributed by atoms with Crippen molar-refractivity contribution in [2.75, 3.05) is 7.11 Å². The topological polar surface area (TPSA) is 70.3 Å². The van der Waals surface area contributed by atoms with Gasteiger partial charge < -0.3 is 4.74 Å². The molecule has 0 saturated carbocycles. The molecule has 0 atom stereocenters. The van der Waals surface area contributed by atoms with E-state index in [-0.39, 0.29) is 29.2 Å². The Hall–Kier alpha value is -1.41. The number of halogens is 1. The van der Waals surface area contributed by atoms with Gasteiger partial charge in [0.25, 0.3) is 5.56 Å². The maximum atomic E-state index is 12.7. The van der Waals surface area contributed by atoms with Gasteiger partial charge in [0.1, 0.15) is 4.83 Å². The van der Waals surface area contributed by atoms with Crippen molar-refractivity contribution in [1.29, 1.82) is 0 Å². The molecule has 6 nitrogen and oxygen atoms in total. The van der Waals surface area contributed by atoms with Gasteiger partial charge in [-0.2, -0.15) is 0 Å². The highest BCUT2D eigenvalue weighted by Crippen LogP contribution is 2.31. The van der Waals surface area contributed by atoms with Gasteiger partial charge in [-0.25, -0.2) is 9.59 Å². The van der Waals surface area contributed by atoms with E-state index >= 15 is 0 Å². The summed E-state index contributed by atoms with van der Waals surface area (Å²) < 4.78 is 7.53. The minimum atomic E-state index is -0.561. The van der Waals surface area contributed by atoms with Gasteiger partial charge in [-0.1, -0.05) is 15.9 Å². The third-order valence-corrected chi connectivity index (χ3v) is 5.54. The first-order chi connectivity index (χ1) is 10.4. The summed E-state index contributed by atoms with van der Waals surface area (Å²) in [6, 6.07) is -0.124. The largest absolute Gasteiger partial charge is 0.465 e. The summed E-state index contributed by atoms with van der Waals surface area (Å²) in [7, 11) is 1.28. The number of carbonyl (C=O) groups is 1. The van der Waals surface area contributed by atoms with Crippen molar-refractivity contribution in [3.8, 4) is 0 Å². The zero-order chi connectivity index (χ0) is 16.6. The Bertz CT molecular complexity index is 847. The Morgan fingerprint density at radius 1 is 1.36 bits per heavy atom. The average molecular weight is 389 g/mol. The first kappa shape index (κ1) is 17.0. The van der Waals surface area contributed by atoms with Gasteiger partial charge in [0.05, 0.1) is 18.1 Å². The Labute approximate surface area is 139 Å². The van der Waals surface area contributed by atoms with Crippen LogP contribution in [0.25, 0.3) is 10.2 Å². The van der Waals surface area contributed by atoms with Crippen LogP contribution in [0, 0.1) is 0 Å². The van der Waals surface area contributed by atoms with Gasteiger partial charge in [-0.3, -0.25) is 13.9 Å². The van der Waals surface area contributed by atoms with E-state index in [9.17, 15) is 14.4 Å². The predicted molar refractivity (Wildman–Crippen MR) is 90.4 cm³/mol. The Morgan fingerprint density at radius 2 is 2.00 bits per heavy atom. The van der Waals surface area contributed by atoms with E-state index < -0.39 is 11.5 Å². The van der Waals surface area contributed by atoms with E-state index in [1.165, 1.54) is 18.4 Å². The number of methoxy groups -OCH3 is 1. The molecule has 0 aliphatic carbocycles. The van der Waals surface area contributed by atoms with Crippen LogP contribution in [0.15, 0.2) is 9.59 Å². The average Bonchev–Trinajstić information content (AvgIpc) is 2.85. The van der Waals surface area contributed by atoms with Crippen LogP contribution in [0.1, 0.15) is 42.0 Å². The summed E-state index contributed by atoms with van der Waals surface area (Å²) in [6.45, 7) is 5.72. The van der Waals surface area contributed by atoms with E-state index in [0.29, 0.717) is 15.0 Å². The van der Waals surface area contributed by atoms with Gasteiger partial charge in [-0.15, -0.1) is 11.3 Å². The highest BCUT2D eigenvalue weighted by atomic mass is 79.9. The summed E-state index contributed by atoms with van der Waals surface area (Å²) in [5.74, 6) is -0.561. The number of hydrogen-bond acceptors (Lipinski definition) is 5. The van der Waals surface area contributed by atoms with Crippen molar-refractivity contribution in [1.82, 2.24) is 9.13 Å². The fraction of sp³-hybridized carbons (Fsp3) is 0.500. The maximum Gasteiger partial charge on any atom is 0.339 e. The lowest BCUT2D eigenvalue weighted by Gasteiger charge is -2.13. The quantitative estimate of drug-likeness (QED) is 0.595. The first-order valence-electron chi connectivity index (χ1n) is 6.83. The van der Waals surface area contributed by atoms with Crippen molar-refractivity contribution < 1.29 is 9.53 Å². The fourth-order valence-corrected chi connectivity index (χ4v) is 4.30. The van der Waals surface area contributed by atoms with Crippen LogP contribution in [0.4, 0.5) is 0 Å². The zero-order valence-electron chi connectivity index (χ0n) is 12.8. The number of fused-ring (bicyclic) bond motifs is 1. The van der Waals surface area contributed by atoms with Crippen LogP contribution in [-0.4, -0.2) is 22.2 Å². The second-order valence-corrected chi connectivity index (χ2v) is 6.65. The van der Waals surface area contributed by atoms with Gasteiger partial charge in [0, 0.05) is 22.8 Å². The van der Waals surface area contributed by atoms with Crippen molar-refractivity contribution in [3.05, 3.63) is 31.3 Å². The molecule has 22 heavy (non-hydrogen) atoms. The van der Waals surface area contributed by atoms with Crippen LogP contribution in [0.5, 0.6) is 0 Å². The minimum absolute atomic E-state index is 0.124. The molecule has 0 bridgehead atoms. The molecule has 2 aromatic heterocycles. The van der Waals surface area contributed by atoms with Crippen LogP contribution < -0.4 is 11.2 Å². The van der Waals surface area contributed by atoms with Crippen molar-refractivity contribution in [3.63, 3.8) is 0 Å². The normalized spacial score (nSPS) is 11.4. The third kappa shape index (κ3) is 2.44. The van der Waals surface area contributed by atoms with Crippen LogP contribution in [-0.2, 0) is 16.6 Å². The highest BCUT2D eigenvalue weighted by molar-refractivity contribution is 9.08. The SMILES string of the molecule is CCn1c(=O)c2c(C(=O)OC)c(CBr)sc2n(C(C)C)c1=O. The van der Waals surface area contributed by atoms with Crippen molar-refractivity contribution in [2.24, 2.45) is 0 Å². The number of hydrogen-bond donors (Lipinski definition) is 0. The molecule has 0 aromatic carbocycles. The van der Waals surface area contributed by atoms with Gasteiger partial charge in [0.15, 0.2) is 0 Å². The standard InChI is InChI=1S/C14H17BrN2O4S/c1-5-16-11(18)10-9(13(19)21-4)8(6-15)22-12(10)17(7(2)3)14(16)20/h7H,5-6H2,1-4H3. The van der Waals surface area contributed by atoms with Crippen LogP contribution in [0.2, 0.25) is 0 Å². The van der Waals surface area contributed by atoms with E-state index in [2.05, 4.69) is 15.9 Å². The molecule has 0 spiro atoms. The van der Waals surface area contributed by atoms with Gasteiger partial charge >= 0.3 is 11.7 Å². The molecule has 0 radical (unpaired) electrons.